The van der Waals surface area contributed by atoms with Gasteiger partial charge in [0.1, 0.15) is 5.75 Å². The molecule has 2 N–H and O–H groups in total. The molecule has 3 heteroatoms. The fourth-order valence-electron chi connectivity index (χ4n) is 2.40. The largest absolute Gasteiger partial charge is 0.496 e. The van der Waals surface area contributed by atoms with Gasteiger partial charge in [-0.1, -0.05) is 19.1 Å². The van der Waals surface area contributed by atoms with Gasteiger partial charge in [-0.15, -0.1) is 0 Å². The van der Waals surface area contributed by atoms with Crippen LogP contribution in [-0.4, -0.2) is 19.3 Å². The number of aryl methyl sites for hydroxylation is 1. The van der Waals surface area contributed by atoms with Crippen LogP contribution in [-0.2, 0) is 4.74 Å². The average molecular weight is 265 g/mol. The molecule has 1 aromatic carbocycles. The topological polar surface area (TPSA) is 44.5 Å². The Morgan fingerprint density at radius 3 is 2.37 bits per heavy atom. The van der Waals surface area contributed by atoms with E-state index in [1.165, 1.54) is 5.56 Å². The minimum Gasteiger partial charge on any atom is -0.496 e. The molecule has 3 nitrogen and oxygen atoms in total. The van der Waals surface area contributed by atoms with Crippen molar-refractivity contribution in [1.29, 1.82) is 0 Å². The van der Waals surface area contributed by atoms with Crippen LogP contribution < -0.4 is 10.5 Å². The van der Waals surface area contributed by atoms with Crippen molar-refractivity contribution in [2.45, 2.75) is 52.7 Å². The summed E-state index contributed by atoms with van der Waals surface area (Å²) in [5.41, 5.74) is 9.46. The van der Waals surface area contributed by atoms with Gasteiger partial charge in [-0.2, -0.15) is 0 Å². The summed E-state index contributed by atoms with van der Waals surface area (Å²) in [6, 6.07) is 3.94. The van der Waals surface area contributed by atoms with Crippen LogP contribution in [0.3, 0.4) is 0 Å². The van der Waals surface area contributed by atoms with E-state index in [9.17, 15) is 0 Å². The van der Waals surface area contributed by atoms with E-state index in [1.54, 1.807) is 7.11 Å². The Labute approximate surface area is 117 Å². The SMILES string of the molecule is CCOC(C)(CC)C(N)c1ccc(C)c(C)c1OC. The molecule has 2 atom stereocenters. The normalized spacial score (nSPS) is 15.9. The molecule has 1 aromatic rings. The van der Waals surface area contributed by atoms with E-state index >= 15 is 0 Å². The molecule has 0 bridgehead atoms. The minimum atomic E-state index is -0.371. The number of nitrogens with two attached hydrogens (primary N) is 1. The van der Waals surface area contributed by atoms with Gasteiger partial charge in [0.05, 0.1) is 18.8 Å². The van der Waals surface area contributed by atoms with E-state index < -0.39 is 0 Å². The third-order valence-corrected chi connectivity index (χ3v) is 4.08. The van der Waals surface area contributed by atoms with Gasteiger partial charge in [-0.3, -0.25) is 0 Å². The van der Waals surface area contributed by atoms with Crippen LogP contribution in [0.2, 0.25) is 0 Å². The first-order chi connectivity index (χ1) is 8.91. The molecule has 2 unspecified atom stereocenters. The van der Waals surface area contributed by atoms with Gasteiger partial charge in [-0.05, 0) is 45.2 Å². The first-order valence-electron chi connectivity index (χ1n) is 6.94. The molecule has 0 fully saturated rings. The molecule has 0 heterocycles. The van der Waals surface area contributed by atoms with Crippen molar-refractivity contribution in [2.24, 2.45) is 5.73 Å². The summed E-state index contributed by atoms with van der Waals surface area (Å²) in [4.78, 5) is 0. The van der Waals surface area contributed by atoms with Crippen LogP contribution in [0, 0.1) is 13.8 Å². The van der Waals surface area contributed by atoms with Crippen LogP contribution in [0.15, 0.2) is 12.1 Å². The van der Waals surface area contributed by atoms with E-state index in [2.05, 4.69) is 39.8 Å². The van der Waals surface area contributed by atoms with E-state index in [1.807, 2.05) is 6.92 Å². The summed E-state index contributed by atoms with van der Waals surface area (Å²) < 4.78 is 11.4. The maximum atomic E-state index is 6.46. The summed E-state index contributed by atoms with van der Waals surface area (Å²) in [5.74, 6) is 0.881. The zero-order valence-electron chi connectivity index (χ0n) is 13.0. The number of hydrogen-bond donors (Lipinski definition) is 1. The van der Waals surface area contributed by atoms with Crippen LogP contribution in [0.5, 0.6) is 5.75 Å². The van der Waals surface area contributed by atoms with Crippen molar-refractivity contribution in [3.05, 3.63) is 28.8 Å². The van der Waals surface area contributed by atoms with Gasteiger partial charge in [0.2, 0.25) is 0 Å². The van der Waals surface area contributed by atoms with Gasteiger partial charge in [0.15, 0.2) is 0 Å². The van der Waals surface area contributed by atoms with Crippen LogP contribution in [0.25, 0.3) is 0 Å². The Hall–Kier alpha value is -1.06. The van der Waals surface area contributed by atoms with Gasteiger partial charge in [-0.25, -0.2) is 0 Å². The highest BCUT2D eigenvalue weighted by Crippen LogP contribution is 2.37. The number of rotatable bonds is 6. The summed E-state index contributed by atoms with van der Waals surface area (Å²) in [5, 5.41) is 0. The van der Waals surface area contributed by atoms with Crippen molar-refractivity contribution in [3.63, 3.8) is 0 Å². The third-order valence-electron chi connectivity index (χ3n) is 4.08. The number of methoxy groups -OCH3 is 1. The average Bonchev–Trinajstić information content (AvgIpc) is 2.41. The Morgan fingerprint density at radius 1 is 1.26 bits per heavy atom. The first-order valence-corrected chi connectivity index (χ1v) is 6.94. The molecule has 0 aliphatic heterocycles. The molecule has 0 spiro atoms. The Balaban J connectivity index is 3.25. The lowest BCUT2D eigenvalue weighted by molar-refractivity contribution is -0.0476. The summed E-state index contributed by atoms with van der Waals surface area (Å²) in [6.45, 7) is 11.0. The quantitative estimate of drug-likeness (QED) is 0.856. The standard InChI is InChI=1S/C16H27NO2/c1-7-16(5,19-8-2)15(17)13-10-9-11(3)12(4)14(13)18-6/h9-10,15H,7-8,17H2,1-6H3. The molecule has 108 valence electrons. The minimum absolute atomic E-state index is 0.202. The van der Waals surface area contributed by atoms with Crippen molar-refractivity contribution in [1.82, 2.24) is 0 Å². The van der Waals surface area contributed by atoms with Crippen LogP contribution >= 0.6 is 0 Å². The summed E-state index contributed by atoms with van der Waals surface area (Å²) in [6.07, 6.45) is 0.859. The fourth-order valence-corrected chi connectivity index (χ4v) is 2.40. The lowest BCUT2D eigenvalue weighted by atomic mass is 9.86. The highest BCUT2D eigenvalue weighted by molar-refractivity contribution is 5.47. The summed E-state index contributed by atoms with van der Waals surface area (Å²) >= 11 is 0. The highest BCUT2D eigenvalue weighted by Gasteiger charge is 2.33. The van der Waals surface area contributed by atoms with E-state index in [0.29, 0.717) is 6.61 Å². The molecule has 0 aliphatic carbocycles. The van der Waals surface area contributed by atoms with Crippen LogP contribution in [0.4, 0.5) is 0 Å². The molecular formula is C16H27NO2. The summed E-state index contributed by atoms with van der Waals surface area (Å²) in [7, 11) is 1.70. The molecule has 0 radical (unpaired) electrons. The van der Waals surface area contributed by atoms with Gasteiger partial charge < -0.3 is 15.2 Å². The number of benzene rings is 1. The second-order valence-corrected chi connectivity index (χ2v) is 5.21. The number of hydrogen-bond acceptors (Lipinski definition) is 3. The molecule has 0 aliphatic rings. The van der Waals surface area contributed by atoms with Crippen molar-refractivity contribution < 1.29 is 9.47 Å². The Morgan fingerprint density at radius 2 is 1.89 bits per heavy atom. The van der Waals surface area contributed by atoms with Crippen molar-refractivity contribution in [3.8, 4) is 5.75 Å². The lowest BCUT2D eigenvalue weighted by Crippen LogP contribution is -2.40. The molecule has 1 rings (SSSR count). The highest BCUT2D eigenvalue weighted by atomic mass is 16.5. The van der Waals surface area contributed by atoms with E-state index in [-0.39, 0.29) is 11.6 Å². The second-order valence-electron chi connectivity index (χ2n) is 5.21. The predicted molar refractivity (Wildman–Crippen MR) is 79.7 cm³/mol. The molecular weight excluding hydrogens is 238 g/mol. The second kappa shape index (κ2) is 6.40. The van der Waals surface area contributed by atoms with Gasteiger partial charge >= 0.3 is 0 Å². The zero-order chi connectivity index (χ0) is 14.6. The third kappa shape index (κ3) is 3.10. The molecule has 0 amide bonds. The van der Waals surface area contributed by atoms with Crippen LogP contribution in [0.1, 0.15) is 49.9 Å². The fraction of sp³-hybridized carbons (Fsp3) is 0.625. The van der Waals surface area contributed by atoms with Gasteiger partial charge in [0, 0.05) is 12.2 Å². The van der Waals surface area contributed by atoms with Crippen molar-refractivity contribution >= 4 is 0 Å². The first kappa shape index (κ1) is 16.0. The van der Waals surface area contributed by atoms with E-state index in [4.69, 9.17) is 15.2 Å². The Bertz CT molecular complexity index is 431. The van der Waals surface area contributed by atoms with E-state index in [0.717, 1.165) is 23.3 Å². The Kier molecular flexibility index (Phi) is 5.39. The molecule has 0 aromatic heterocycles. The van der Waals surface area contributed by atoms with Crippen molar-refractivity contribution in [2.75, 3.05) is 13.7 Å². The maximum absolute atomic E-state index is 6.46. The maximum Gasteiger partial charge on any atom is 0.126 e. The lowest BCUT2D eigenvalue weighted by Gasteiger charge is -2.35. The predicted octanol–water partition coefficient (Wildman–Crippen LogP) is 3.52. The zero-order valence-corrected chi connectivity index (χ0v) is 13.0. The molecule has 0 saturated carbocycles. The monoisotopic (exact) mass is 265 g/mol. The number of ether oxygens (including phenoxy) is 2. The smallest absolute Gasteiger partial charge is 0.126 e. The molecule has 19 heavy (non-hydrogen) atoms. The molecule has 0 saturated heterocycles. The van der Waals surface area contributed by atoms with Gasteiger partial charge in [0.25, 0.3) is 0 Å².